The summed E-state index contributed by atoms with van der Waals surface area (Å²) in [4.78, 5) is -0.268. The molecule has 0 radical (unpaired) electrons. The van der Waals surface area contributed by atoms with Gasteiger partial charge in [0.1, 0.15) is 4.90 Å². The highest BCUT2D eigenvalue weighted by Crippen LogP contribution is 2.40. The van der Waals surface area contributed by atoms with Crippen molar-refractivity contribution in [2.45, 2.75) is 35.5 Å². The smallest absolute Gasteiger partial charge is 0.186 e. The number of anilines is 1. The first-order valence-electron chi connectivity index (χ1n) is 5.91. The average Bonchev–Trinajstić information content (AvgIpc) is 2.83. The number of rotatable bonds is 3. The molecule has 1 aromatic rings. The van der Waals surface area contributed by atoms with E-state index in [0.29, 0.717) is 19.3 Å². The summed E-state index contributed by atoms with van der Waals surface area (Å²) in [7, 11) is -2.15. The van der Waals surface area contributed by atoms with Crippen molar-refractivity contribution in [3.8, 4) is 5.75 Å². The number of phenols is 1. The molecule has 0 spiro atoms. The molecule has 0 bridgehead atoms. The highest BCUT2D eigenvalue weighted by Gasteiger charge is 2.38. The Balaban J connectivity index is 2.44. The molecule has 19 heavy (non-hydrogen) atoms. The summed E-state index contributed by atoms with van der Waals surface area (Å²) < 4.78 is 30.2. The van der Waals surface area contributed by atoms with Crippen LogP contribution in [0, 0.1) is 0 Å². The van der Waals surface area contributed by atoms with E-state index in [-0.39, 0.29) is 21.7 Å². The van der Waals surface area contributed by atoms with Crippen LogP contribution < -0.4 is 5.73 Å². The van der Waals surface area contributed by atoms with E-state index in [0.717, 1.165) is 0 Å². The van der Waals surface area contributed by atoms with Gasteiger partial charge in [-0.25, -0.2) is 8.42 Å². The third-order valence-corrected chi connectivity index (χ3v) is 6.22. The van der Waals surface area contributed by atoms with Crippen LogP contribution in [-0.2, 0) is 14.6 Å². The van der Waals surface area contributed by atoms with E-state index in [1.165, 1.54) is 12.1 Å². The van der Waals surface area contributed by atoms with Gasteiger partial charge >= 0.3 is 0 Å². The molecule has 0 amide bonds. The number of nitrogens with two attached hydrogens (primary N) is 1. The molecule has 1 aromatic carbocycles. The molecule has 1 saturated carbocycles. The zero-order valence-corrected chi connectivity index (χ0v) is 12.0. The molecule has 0 aliphatic heterocycles. The Bertz CT molecular complexity index is 588. The maximum Gasteiger partial charge on any atom is 0.186 e. The summed E-state index contributed by atoms with van der Waals surface area (Å²) in [6.45, 7) is 0. The molecule has 106 valence electrons. The third-order valence-electron chi connectivity index (χ3n) is 3.51. The van der Waals surface area contributed by atoms with Gasteiger partial charge in [0.15, 0.2) is 15.6 Å². The molecule has 1 fully saturated rings. The monoisotopic (exact) mass is 305 g/mol. The lowest BCUT2D eigenvalue weighted by Crippen LogP contribution is -2.20. The van der Waals surface area contributed by atoms with Crippen molar-refractivity contribution < 1.29 is 18.3 Å². The Labute approximate surface area is 117 Å². The number of nitrogen functional groups attached to an aromatic ring is 1. The van der Waals surface area contributed by atoms with Crippen molar-refractivity contribution in [2.75, 3.05) is 12.8 Å². The second-order valence-electron chi connectivity index (χ2n) is 4.65. The minimum absolute atomic E-state index is 0.00395. The molecule has 0 aromatic heterocycles. The number of halogens is 1. The molecule has 2 rings (SSSR count). The minimum Gasteiger partial charge on any atom is -0.504 e. The van der Waals surface area contributed by atoms with Crippen LogP contribution in [0.2, 0.25) is 5.02 Å². The molecule has 5 nitrogen and oxygen atoms in total. The predicted octanol–water partition coefficient (Wildman–Crippen LogP) is 1.97. The summed E-state index contributed by atoms with van der Waals surface area (Å²) in [5.74, 6) is -0.464. The fraction of sp³-hybridized carbons (Fsp3) is 0.500. The van der Waals surface area contributed by atoms with Crippen molar-refractivity contribution in [1.82, 2.24) is 0 Å². The van der Waals surface area contributed by atoms with E-state index in [1.54, 1.807) is 7.11 Å². The summed E-state index contributed by atoms with van der Waals surface area (Å²) in [5.41, 5.74) is 5.54. The highest BCUT2D eigenvalue weighted by molar-refractivity contribution is 7.92. The van der Waals surface area contributed by atoms with Crippen LogP contribution in [0.3, 0.4) is 0 Å². The lowest BCUT2D eigenvalue weighted by atomic mass is 10.3. The lowest BCUT2D eigenvalue weighted by molar-refractivity contribution is 0.109. The molecule has 0 saturated heterocycles. The van der Waals surface area contributed by atoms with Crippen LogP contribution in [0.4, 0.5) is 5.69 Å². The van der Waals surface area contributed by atoms with E-state index in [4.69, 9.17) is 22.1 Å². The van der Waals surface area contributed by atoms with Gasteiger partial charge in [0.05, 0.1) is 22.1 Å². The van der Waals surface area contributed by atoms with Crippen LogP contribution >= 0.6 is 11.6 Å². The van der Waals surface area contributed by atoms with E-state index >= 15 is 0 Å². The van der Waals surface area contributed by atoms with Crippen LogP contribution in [0.15, 0.2) is 17.0 Å². The minimum atomic E-state index is -3.71. The molecular formula is C12H16ClNO4S. The number of benzene rings is 1. The normalized spacial score (nSPS) is 23.7. The zero-order chi connectivity index (χ0) is 14.2. The predicted molar refractivity (Wildman–Crippen MR) is 73.2 cm³/mol. The molecule has 1 aliphatic rings. The first-order chi connectivity index (χ1) is 8.87. The lowest BCUT2D eigenvalue weighted by Gasteiger charge is -2.15. The van der Waals surface area contributed by atoms with Gasteiger partial charge in [0, 0.05) is 7.11 Å². The van der Waals surface area contributed by atoms with Crippen LogP contribution in [0.1, 0.15) is 19.3 Å². The Kier molecular flexibility index (Phi) is 3.94. The van der Waals surface area contributed by atoms with E-state index in [9.17, 15) is 13.5 Å². The number of sulfone groups is 1. The van der Waals surface area contributed by atoms with Crippen LogP contribution in [0.5, 0.6) is 5.75 Å². The van der Waals surface area contributed by atoms with Crippen molar-refractivity contribution in [2.24, 2.45) is 0 Å². The van der Waals surface area contributed by atoms with Crippen molar-refractivity contribution in [3.05, 3.63) is 17.2 Å². The van der Waals surface area contributed by atoms with E-state index in [1.807, 2.05) is 0 Å². The van der Waals surface area contributed by atoms with Gasteiger partial charge in [-0.3, -0.25) is 0 Å². The van der Waals surface area contributed by atoms with Gasteiger partial charge in [-0.15, -0.1) is 0 Å². The van der Waals surface area contributed by atoms with Crippen molar-refractivity contribution in [1.29, 1.82) is 0 Å². The quantitative estimate of drug-likeness (QED) is 0.658. The molecule has 3 N–H and O–H groups in total. The molecular weight excluding hydrogens is 290 g/mol. The molecule has 0 heterocycles. The Hall–Kier alpha value is -0.980. The standard InChI is InChI=1S/C12H16ClNO4S/c1-18-7-2-3-8(6-7)19(16,17)12-9(13)4-5-10(14)11(12)15/h4-5,7-8,15H,2-3,6,14H2,1H3/t7-,8-/m0/s1. The average molecular weight is 306 g/mol. The fourth-order valence-corrected chi connectivity index (χ4v) is 4.85. The SMILES string of the molecule is CO[C@H]1CC[C@H](S(=O)(=O)c2c(Cl)ccc(N)c2O)C1. The summed E-state index contributed by atoms with van der Waals surface area (Å²) in [6, 6.07) is 2.76. The second kappa shape index (κ2) is 5.19. The first kappa shape index (κ1) is 14.4. The Morgan fingerprint density at radius 2 is 2.11 bits per heavy atom. The number of hydrogen-bond donors (Lipinski definition) is 2. The maximum absolute atomic E-state index is 12.5. The third kappa shape index (κ3) is 2.52. The first-order valence-corrected chi connectivity index (χ1v) is 7.84. The highest BCUT2D eigenvalue weighted by atomic mass is 35.5. The summed E-state index contributed by atoms with van der Waals surface area (Å²) in [5, 5.41) is 9.28. The fourth-order valence-electron chi connectivity index (χ4n) is 2.40. The van der Waals surface area contributed by atoms with E-state index < -0.39 is 20.8 Å². The van der Waals surface area contributed by atoms with Gasteiger partial charge < -0.3 is 15.6 Å². The Morgan fingerprint density at radius 1 is 1.42 bits per heavy atom. The van der Waals surface area contributed by atoms with Crippen molar-refractivity contribution >= 4 is 27.1 Å². The zero-order valence-electron chi connectivity index (χ0n) is 10.5. The van der Waals surface area contributed by atoms with Gasteiger partial charge in [-0.1, -0.05) is 11.6 Å². The van der Waals surface area contributed by atoms with Crippen LogP contribution in [0.25, 0.3) is 0 Å². The largest absolute Gasteiger partial charge is 0.504 e. The molecule has 2 atom stereocenters. The molecule has 0 unspecified atom stereocenters. The van der Waals surface area contributed by atoms with Crippen molar-refractivity contribution in [3.63, 3.8) is 0 Å². The maximum atomic E-state index is 12.5. The number of ether oxygens (including phenoxy) is 1. The number of hydrogen-bond acceptors (Lipinski definition) is 5. The number of methoxy groups -OCH3 is 1. The topological polar surface area (TPSA) is 89.6 Å². The van der Waals surface area contributed by atoms with Gasteiger partial charge in [0.2, 0.25) is 0 Å². The van der Waals surface area contributed by atoms with Gasteiger partial charge in [-0.2, -0.15) is 0 Å². The summed E-state index contributed by atoms with van der Waals surface area (Å²) in [6.07, 6.45) is 1.51. The van der Waals surface area contributed by atoms with E-state index in [2.05, 4.69) is 0 Å². The Morgan fingerprint density at radius 3 is 2.68 bits per heavy atom. The molecule has 1 aliphatic carbocycles. The van der Waals surface area contributed by atoms with Gasteiger partial charge in [-0.05, 0) is 31.4 Å². The van der Waals surface area contributed by atoms with Crippen LogP contribution in [-0.4, -0.2) is 32.0 Å². The van der Waals surface area contributed by atoms with Gasteiger partial charge in [0.25, 0.3) is 0 Å². The second-order valence-corrected chi connectivity index (χ2v) is 7.22. The number of phenolic OH excluding ortho intramolecular Hbond substituents is 1. The summed E-state index contributed by atoms with van der Waals surface area (Å²) >= 11 is 5.91. The number of aromatic hydroxyl groups is 1. The molecule has 7 heteroatoms.